The number of hydrogen-bond donors (Lipinski definition) is 1. The van der Waals surface area contributed by atoms with Gasteiger partial charge in [0.25, 0.3) is 0 Å². The summed E-state index contributed by atoms with van der Waals surface area (Å²) in [6.07, 6.45) is 0. The van der Waals surface area contributed by atoms with Crippen LogP contribution in [0.15, 0.2) is 53.4 Å². The van der Waals surface area contributed by atoms with E-state index in [1.54, 1.807) is 31.3 Å². The van der Waals surface area contributed by atoms with Gasteiger partial charge in [-0.2, -0.15) is 8.42 Å². The molecule has 0 saturated carbocycles. The summed E-state index contributed by atoms with van der Waals surface area (Å²) in [4.78, 5) is 11.8. The van der Waals surface area contributed by atoms with E-state index >= 15 is 0 Å². The maximum atomic E-state index is 12.1. The van der Waals surface area contributed by atoms with Gasteiger partial charge in [0.2, 0.25) is 0 Å². The standard InChI is InChI=1S/C16H17NO4S/c1-12-3-9-15(10-4-12)22(19,20)21-14-7-5-13(6-8-14)16(18)11-17-2/h3-10,17H,11H2,1-2H3. The monoisotopic (exact) mass is 319 g/mol. The van der Waals surface area contributed by atoms with E-state index in [1.807, 2.05) is 6.92 Å². The summed E-state index contributed by atoms with van der Waals surface area (Å²) in [5.41, 5.74) is 1.46. The van der Waals surface area contributed by atoms with E-state index in [-0.39, 0.29) is 23.0 Å². The van der Waals surface area contributed by atoms with Crippen molar-refractivity contribution in [2.45, 2.75) is 11.8 Å². The molecule has 2 rings (SSSR count). The minimum Gasteiger partial charge on any atom is -0.379 e. The third-order valence-corrected chi connectivity index (χ3v) is 4.29. The molecule has 2 aromatic rings. The quantitative estimate of drug-likeness (QED) is 0.652. The summed E-state index contributed by atoms with van der Waals surface area (Å²) in [5, 5.41) is 2.77. The fourth-order valence-electron chi connectivity index (χ4n) is 1.84. The fraction of sp³-hybridized carbons (Fsp3) is 0.188. The first-order chi connectivity index (χ1) is 10.4. The van der Waals surface area contributed by atoms with Crippen LogP contribution in [0.4, 0.5) is 0 Å². The summed E-state index contributed by atoms with van der Waals surface area (Å²) in [5.74, 6) is 0.0945. The molecule has 0 aliphatic rings. The minimum absolute atomic E-state index is 0.0737. The number of carbonyl (C=O) groups is 1. The number of Topliss-reactive ketones (excluding diaryl/α,β-unsaturated/α-hetero) is 1. The van der Waals surface area contributed by atoms with Gasteiger partial charge < -0.3 is 9.50 Å². The normalized spacial score (nSPS) is 11.2. The first-order valence-electron chi connectivity index (χ1n) is 6.71. The minimum atomic E-state index is -3.87. The molecule has 0 aliphatic heterocycles. The zero-order chi connectivity index (χ0) is 16.2. The molecule has 0 fully saturated rings. The number of carbonyl (C=O) groups excluding carboxylic acids is 1. The molecule has 0 amide bonds. The number of rotatable bonds is 6. The van der Waals surface area contributed by atoms with Crippen molar-refractivity contribution in [1.29, 1.82) is 0 Å². The Kier molecular flexibility index (Phi) is 4.95. The van der Waals surface area contributed by atoms with Crippen molar-refractivity contribution in [2.24, 2.45) is 0 Å². The van der Waals surface area contributed by atoms with E-state index in [9.17, 15) is 13.2 Å². The molecule has 0 aliphatic carbocycles. The predicted molar refractivity (Wildman–Crippen MR) is 83.7 cm³/mol. The maximum absolute atomic E-state index is 12.1. The molecule has 0 radical (unpaired) electrons. The molecule has 0 unspecified atom stereocenters. The molecule has 2 aromatic carbocycles. The van der Waals surface area contributed by atoms with Crippen molar-refractivity contribution >= 4 is 15.9 Å². The third kappa shape index (κ3) is 3.93. The van der Waals surface area contributed by atoms with Crippen LogP contribution in [0.5, 0.6) is 5.75 Å². The van der Waals surface area contributed by atoms with Crippen molar-refractivity contribution in [3.8, 4) is 5.75 Å². The highest BCUT2D eigenvalue weighted by atomic mass is 32.2. The van der Waals surface area contributed by atoms with E-state index in [2.05, 4.69) is 5.32 Å². The highest BCUT2D eigenvalue weighted by Crippen LogP contribution is 2.19. The smallest absolute Gasteiger partial charge is 0.339 e. The van der Waals surface area contributed by atoms with Gasteiger partial charge in [-0.1, -0.05) is 17.7 Å². The van der Waals surface area contributed by atoms with Crippen molar-refractivity contribution in [3.63, 3.8) is 0 Å². The molecular weight excluding hydrogens is 302 g/mol. The number of likely N-dealkylation sites (N-methyl/N-ethyl adjacent to an activating group) is 1. The molecule has 116 valence electrons. The van der Waals surface area contributed by atoms with Gasteiger partial charge in [-0.05, 0) is 50.4 Å². The third-order valence-electron chi connectivity index (χ3n) is 3.03. The molecule has 6 heteroatoms. The number of ketones is 1. The Morgan fingerprint density at radius 1 is 1.05 bits per heavy atom. The molecule has 0 atom stereocenters. The lowest BCUT2D eigenvalue weighted by molar-refractivity contribution is 0.0993. The lowest BCUT2D eigenvalue weighted by Crippen LogP contribution is -2.18. The van der Waals surface area contributed by atoms with Gasteiger partial charge in [0.05, 0.1) is 6.54 Å². The Morgan fingerprint density at radius 3 is 2.18 bits per heavy atom. The Hall–Kier alpha value is -2.18. The molecule has 5 nitrogen and oxygen atoms in total. The van der Waals surface area contributed by atoms with Gasteiger partial charge in [-0.15, -0.1) is 0 Å². The number of nitrogens with one attached hydrogen (secondary N) is 1. The lowest BCUT2D eigenvalue weighted by Gasteiger charge is -2.08. The van der Waals surface area contributed by atoms with Gasteiger partial charge in [-0.3, -0.25) is 4.79 Å². The molecule has 22 heavy (non-hydrogen) atoms. The molecule has 0 aromatic heterocycles. The summed E-state index contributed by atoms with van der Waals surface area (Å²) >= 11 is 0. The Labute approximate surface area is 130 Å². The summed E-state index contributed by atoms with van der Waals surface area (Å²) in [7, 11) is -2.19. The van der Waals surface area contributed by atoms with Gasteiger partial charge >= 0.3 is 10.1 Å². The SMILES string of the molecule is CNCC(=O)c1ccc(OS(=O)(=O)c2ccc(C)cc2)cc1. The second kappa shape index (κ2) is 6.72. The average Bonchev–Trinajstić information content (AvgIpc) is 2.48. The van der Waals surface area contributed by atoms with Crippen LogP contribution in [-0.2, 0) is 10.1 Å². The molecule has 0 saturated heterocycles. The second-order valence-corrected chi connectivity index (χ2v) is 6.37. The molecule has 0 spiro atoms. The molecular formula is C16H17NO4S. The van der Waals surface area contributed by atoms with Crippen LogP contribution in [-0.4, -0.2) is 27.8 Å². The van der Waals surface area contributed by atoms with Crippen molar-refractivity contribution in [3.05, 3.63) is 59.7 Å². The van der Waals surface area contributed by atoms with Crippen LogP contribution >= 0.6 is 0 Å². The first-order valence-corrected chi connectivity index (χ1v) is 8.12. The van der Waals surface area contributed by atoms with Crippen molar-refractivity contribution in [1.82, 2.24) is 5.32 Å². The van der Waals surface area contributed by atoms with Gasteiger partial charge in [0, 0.05) is 5.56 Å². The average molecular weight is 319 g/mol. The summed E-state index contributed by atoms with van der Waals surface area (Å²) in [6.45, 7) is 2.10. The lowest BCUT2D eigenvalue weighted by atomic mass is 10.1. The number of hydrogen-bond acceptors (Lipinski definition) is 5. The van der Waals surface area contributed by atoms with E-state index in [0.29, 0.717) is 5.56 Å². The maximum Gasteiger partial charge on any atom is 0.339 e. The van der Waals surface area contributed by atoms with E-state index in [4.69, 9.17) is 4.18 Å². The first kappa shape index (κ1) is 16.2. The summed E-state index contributed by atoms with van der Waals surface area (Å²) < 4.78 is 29.3. The van der Waals surface area contributed by atoms with E-state index in [0.717, 1.165) is 5.56 Å². The number of aryl methyl sites for hydroxylation is 1. The van der Waals surface area contributed by atoms with Crippen LogP contribution in [0.3, 0.4) is 0 Å². The van der Waals surface area contributed by atoms with Crippen molar-refractivity contribution in [2.75, 3.05) is 13.6 Å². The van der Waals surface area contributed by atoms with Crippen LogP contribution in [0.25, 0.3) is 0 Å². The summed E-state index contributed by atoms with van der Waals surface area (Å²) in [6, 6.07) is 12.4. The van der Waals surface area contributed by atoms with Crippen LogP contribution < -0.4 is 9.50 Å². The Morgan fingerprint density at radius 2 is 1.64 bits per heavy atom. The molecule has 1 N–H and O–H groups in total. The second-order valence-electron chi connectivity index (χ2n) is 4.83. The Bertz CT molecular complexity index is 750. The zero-order valence-corrected chi connectivity index (χ0v) is 13.2. The largest absolute Gasteiger partial charge is 0.379 e. The molecule has 0 heterocycles. The Balaban J connectivity index is 2.16. The van der Waals surface area contributed by atoms with Gasteiger partial charge in [0.15, 0.2) is 5.78 Å². The number of benzene rings is 2. The molecule has 0 bridgehead atoms. The van der Waals surface area contributed by atoms with Crippen molar-refractivity contribution < 1.29 is 17.4 Å². The highest BCUT2D eigenvalue weighted by Gasteiger charge is 2.16. The van der Waals surface area contributed by atoms with Crippen LogP contribution in [0, 0.1) is 6.92 Å². The topological polar surface area (TPSA) is 72.5 Å². The van der Waals surface area contributed by atoms with Crippen LogP contribution in [0.1, 0.15) is 15.9 Å². The van der Waals surface area contributed by atoms with E-state index in [1.165, 1.54) is 24.3 Å². The van der Waals surface area contributed by atoms with Crippen LogP contribution in [0.2, 0.25) is 0 Å². The zero-order valence-electron chi connectivity index (χ0n) is 12.4. The van der Waals surface area contributed by atoms with Gasteiger partial charge in [0.1, 0.15) is 10.6 Å². The fourth-order valence-corrected chi connectivity index (χ4v) is 2.77. The highest BCUT2D eigenvalue weighted by molar-refractivity contribution is 7.87. The van der Waals surface area contributed by atoms with E-state index < -0.39 is 10.1 Å². The predicted octanol–water partition coefficient (Wildman–Crippen LogP) is 2.16. The van der Waals surface area contributed by atoms with Gasteiger partial charge in [-0.25, -0.2) is 0 Å².